The van der Waals surface area contributed by atoms with Gasteiger partial charge < -0.3 is 10.8 Å². The minimum atomic E-state index is -0.893. The number of aliphatic hydroxyl groups is 1. The number of amides is 1. The smallest absolute Gasteiger partial charge is 0.262 e. The number of carbonyl (C=O) groups excluding carboxylic acids is 1. The van der Waals surface area contributed by atoms with Crippen LogP contribution in [0.25, 0.3) is 0 Å². The van der Waals surface area contributed by atoms with Crippen LogP contribution in [0.3, 0.4) is 0 Å². The fourth-order valence-electron chi connectivity index (χ4n) is 4.13. The molecule has 0 radical (unpaired) electrons. The number of nitrogens with one attached hydrogen (secondary N) is 1. The van der Waals surface area contributed by atoms with Crippen LogP contribution in [0.1, 0.15) is 42.4 Å². The van der Waals surface area contributed by atoms with Crippen LogP contribution in [0.4, 0.5) is 0 Å². The molecule has 0 fully saturated rings. The number of primary amides is 1. The molecule has 4 N–H and O–H groups in total. The average Bonchev–Trinajstić information content (AvgIpc) is 2.85. The van der Waals surface area contributed by atoms with Crippen molar-refractivity contribution in [2.45, 2.75) is 31.2 Å². The zero-order valence-corrected chi connectivity index (χ0v) is 18.6. The van der Waals surface area contributed by atoms with Crippen LogP contribution in [-0.2, 0) is 10.3 Å². The van der Waals surface area contributed by atoms with Crippen molar-refractivity contribution in [3.05, 3.63) is 119 Å². The maximum absolute atomic E-state index is 11.2. The Balaban J connectivity index is 1.79. The number of hydrogen-bond donors (Lipinski definition) is 3. The van der Waals surface area contributed by atoms with Gasteiger partial charge in [-0.05, 0) is 36.1 Å². The van der Waals surface area contributed by atoms with Gasteiger partial charge in [0, 0.05) is 6.42 Å². The second-order valence-corrected chi connectivity index (χ2v) is 7.88. The highest BCUT2D eigenvalue weighted by Gasteiger charge is 2.35. The second-order valence-electron chi connectivity index (χ2n) is 7.88. The summed E-state index contributed by atoms with van der Waals surface area (Å²) in [6, 6.07) is 32.9. The first-order chi connectivity index (χ1) is 16.1. The number of allylic oxidation sites excluding steroid dienone is 1. The summed E-state index contributed by atoms with van der Waals surface area (Å²) < 4.78 is 0. The summed E-state index contributed by atoms with van der Waals surface area (Å²) in [6.45, 7) is 0.740. The largest absolute Gasteiger partial charge is 0.511 e. The molecule has 0 aliphatic carbocycles. The standard InChI is InChI=1S/C28H29N3O2/c29-21-25(27(30)33)26(32)19-11-4-12-20-31-28(22-13-5-1-6-14-22,23-15-7-2-8-16-23)24-17-9-3-10-18-24/h1-3,5-10,13-18,31-32H,4,11-12,19-20H2,(H2,30,33). The van der Waals surface area contributed by atoms with Crippen LogP contribution in [0.5, 0.6) is 0 Å². The maximum atomic E-state index is 11.2. The van der Waals surface area contributed by atoms with Crippen molar-refractivity contribution in [1.82, 2.24) is 5.32 Å². The van der Waals surface area contributed by atoms with Crippen molar-refractivity contribution in [1.29, 1.82) is 5.26 Å². The minimum absolute atomic E-state index is 0.231. The first kappa shape index (κ1) is 23.8. The van der Waals surface area contributed by atoms with Crippen molar-refractivity contribution >= 4 is 5.91 Å². The van der Waals surface area contributed by atoms with Gasteiger partial charge in [-0.3, -0.25) is 10.1 Å². The fourth-order valence-corrected chi connectivity index (χ4v) is 4.13. The summed E-state index contributed by atoms with van der Waals surface area (Å²) in [7, 11) is 0. The van der Waals surface area contributed by atoms with Crippen LogP contribution >= 0.6 is 0 Å². The molecule has 0 saturated carbocycles. The predicted octanol–water partition coefficient (Wildman–Crippen LogP) is 4.95. The molecule has 5 heteroatoms. The van der Waals surface area contributed by atoms with E-state index < -0.39 is 11.4 Å². The number of rotatable bonds is 11. The summed E-state index contributed by atoms with van der Waals surface area (Å²) in [4.78, 5) is 11.2. The van der Waals surface area contributed by atoms with Crippen LogP contribution < -0.4 is 11.1 Å². The number of carbonyl (C=O) groups is 1. The minimum Gasteiger partial charge on any atom is -0.511 e. The van der Waals surface area contributed by atoms with Gasteiger partial charge in [-0.15, -0.1) is 0 Å². The van der Waals surface area contributed by atoms with E-state index in [4.69, 9.17) is 11.0 Å². The molecule has 0 heterocycles. The molecular formula is C28H29N3O2. The van der Waals surface area contributed by atoms with Crippen molar-refractivity contribution in [2.24, 2.45) is 5.73 Å². The number of benzene rings is 3. The van der Waals surface area contributed by atoms with E-state index >= 15 is 0 Å². The number of unbranched alkanes of at least 4 members (excludes halogenated alkanes) is 2. The Labute approximate surface area is 195 Å². The molecule has 168 valence electrons. The maximum Gasteiger partial charge on any atom is 0.262 e. The summed E-state index contributed by atoms with van der Waals surface area (Å²) in [5.41, 5.74) is 7.73. The summed E-state index contributed by atoms with van der Waals surface area (Å²) in [5.74, 6) is -1.12. The van der Waals surface area contributed by atoms with Gasteiger partial charge in [0.25, 0.3) is 5.91 Å². The van der Waals surface area contributed by atoms with Crippen LogP contribution in [0, 0.1) is 11.3 Å². The second kappa shape index (κ2) is 11.7. The van der Waals surface area contributed by atoms with Crippen LogP contribution in [-0.4, -0.2) is 17.6 Å². The average molecular weight is 440 g/mol. The predicted molar refractivity (Wildman–Crippen MR) is 130 cm³/mol. The van der Waals surface area contributed by atoms with Gasteiger partial charge >= 0.3 is 0 Å². The number of nitriles is 1. The molecule has 0 aromatic heterocycles. The lowest BCUT2D eigenvalue weighted by Gasteiger charge is -2.37. The lowest BCUT2D eigenvalue weighted by atomic mass is 9.77. The molecule has 0 bridgehead atoms. The van der Waals surface area contributed by atoms with Crippen molar-refractivity contribution in [3.63, 3.8) is 0 Å². The Morgan fingerprint density at radius 1 is 0.818 bits per heavy atom. The van der Waals surface area contributed by atoms with Gasteiger partial charge in [0.2, 0.25) is 0 Å². The van der Waals surface area contributed by atoms with Crippen LogP contribution in [0.15, 0.2) is 102 Å². The zero-order chi connectivity index (χ0) is 23.5. The van der Waals surface area contributed by atoms with Gasteiger partial charge in [-0.25, -0.2) is 0 Å². The van der Waals surface area contributed by atoms with E-state index in [0.29, 0.717) is 6.42 Å². The number of hydrogen-bond acceptors (Lipinski definition) is 4. The molecule has 33 heavy (non-hydrogen) atoms. The van der Waals surface area contributed by atoms with Gasteiger partial charge in [0.1, 0.15) is 11.8 Å². The SMILES string of the molecule is N#CC(C(N)=O)=C(O)CCCCCNC(c1ccccc1)(c1ccccc1)c1ccccc1. The number of nitrogens with two attached hydrogens (primary N) is 1. The van der Waals surface area contributed by atoms with Crippen molar-refractivity contribution < 1.29 is 9.90 Å². The van der Waals surface area contributed by atoms with Crippen molar-refractivity contribution in [2.75, 3.05) is 6.54 Å². The molecule has 3 rings (SSSR count). The topological polar surface area (TPSA) is 99.1 Å². The van der Waals surface area contributed by atoms with E-state index in [-0.39, 0.29) is 17.8 Å². The molecular weight excluding hydrogens is 410 g/mol. The van der Waals surface area contributed by atoms with E-state index in [1.165, 1.54) is 0 Å². The third kappa shape index (κ3) is 5.68. The summed E-state index contributed by atoms with van der Waals surface area (Å²) >= 11 is 0. The molecule has 1 amide bonds. The Kier molecular flexibility index (Phi) is 8.40. The first-order valence-corrected chi connectivity index (χ1v) is 11.1. The normalized spacial score (nSPS) is 12.0. The third-order valence-electron chi connectivity index (χ3n) is 5.75. The van der Waals surface area contributed by atoms with Gasteiger partial charge in [-0.1, -0.05) is 97.4 Å². The van der Waals surface area contributed by atoms with Crippen molar-refractivity contribution in [3.8, 4) is 6.07 Å². The van der Waals surface area contributed by atoms with E-state index in [0.717, 1.165) is 36.1 Å². The highest BCUT2D eigenvalue weighted by Crippen LogP contribution is 2.36. The number of nitrogens with zero attached hydrogens (tertiary/aromatic N) is 1. The van der Waals surface area contributed by atoms with Gasteiger partial charge in [0.05, 0.1) is 5.54 Å². The third-order valence-corrected chi connectivity index (χ3v) is 5.75. The van der Waals surface area contributed by atoms with E-state index in [9.17, 15) is 9.90 Å². The summed E-state index contributed by atoms with van der Waals surface area (Å²) in [6.07, 6.45) is 2.59. The van der Waals surface area contributed by atoms with E-state index in [1.807, 2.05) is 18.2 Å². The van der Waals surface area contributed by atoms with Gasteiger partial charge in [0.15, 0.2) is 5.57 Å². The molecule has 0 spiro atoms. The quantitative estimate of drug-likeness (QED) is 0.129. The Morgan fingerprint density at radius 3 is 1.67 bits per heavy atom. The number of aliphatic hydroxyl groups excluding tert-OH is 1. The van der Waals surface area contributed by atoms with Crippen LogP contribution in [0.2, 0.25) is 0 Å². The molecule has 3 aromatic carbocycles. The molecule has 0 saturated heterocycles. The molecule has 3 aromatic rings. The lowest BCUT2D eigenvalue weighted by Crippen LogP contribution is -2.45. The summed E-state index contributed by atoms with van der Waals surface area (Å²) in [5, 5.41) is 22.7. The molecule has 0 atom stereocenters. The highest BCUT2D eigenvalue weighted by molar-refractivity contribution is 5.96. The lowest BCUT2D eigenvalue weighted by molar-refractivity contribution is -0.114. The van der Waals surface area contributed by atoms with Gasteiger partial charge in [-0.2, -0.15) is 5.26 Å². The fraction of sp³-hybridized carbons (Fsp3) is 0.214. The molecule has 0 aliphatic rings. The molecule has 5 nitrogen and oxygen atoms in total. The Hall–Kier alpha value is -3.88. The Bertz CT molecular complexity index is 1010. The van der Waals surface area contributed by atoms with E-state index in [2.05, 4.69) is 78.1 Å². The zero-order valence-electron chi connectivity index (χ0n) is 18.6. The first-order valence-electron chi connectivity index (χ1n) is 11.1. The Morgan fingerprint density at radius 2 is 1.27 bits per heavy atom. The monoisotopic (exact) mass is 439 g/mol. The highest BCUT2D eigenvalue weighted by atomic mass is 16.3. The molecule has 0 unspecified atom stereocenters. The molecule has 0 aliphatic heterocycles. The van der Waals surface area contributed by atoms with E-state index in [1.54, 1.807) is 6.07 Å².